The standard InChI is InChI=1S/C22H23ClN4O/c1-22(2,3)20(28)26-18(16-9-11-17(23)12-10-16)13-19(15-7-5-4-6-8-15)27-21(26)24-14-25-27/h4-12,14,18-19H,13H2,1-3H3. The maximum Gasteiger partial charge on any atom is 0.235 e. The molecule has 6 heteroatoms. The monoisotopic (exact) mass is 394 g/mol. The van der Waals surface area contributed by atoms with E-state index in [1.165, 1.54) is 6.33 Å². The number of nitrogens with zero attached hydrogens (tertiary/aromatic N) is 4. The highest BCUT2D eigenvalue weighted by Gasteiger charge is 2.42. The van der Waals surface area contributed by atoms with Gasteiger partial charge in [0.05, 0.1) is 12.1 Å². The van der Waals surface area contributed by atoms with E-state index >= 15 is 0 Å². The molecule has 3 aromatic rings. The summed E-state index contributed by atoms with van der Waals surface area (Å²) in [4.78, 5) is 19.7. The molecule has 1 aliphatic rings. The number of rotatable bonds is 2. The van der Waals surface area contributed by atoms with Crippen LogP contribution < -0.4 is 4.90 Å². The summed E-state index contributed by atoms with van der Waals surface area (Å²) in [7, 11) is 0. The van der Waals surface area contributed by atoms with Crippen molar-refractivity contribution >= 4 is 23.5 Å². The zero-order chi connectivity index (χ0) is 19.9. The summed E-state index contributed by atoms with van der Waals surface area (Å²) in [6.45, 7) is 5.79. The Labute approximate surface area is 170 Å². The van der Waals surface area contributed by atoms with Crippen molar-refractivity contribution in [3.05, 3.63) is 77.1 Å². The molecule has 5 nitrogen and oxygen atoms in total. The van der Waals surface area contributed by atoms with Crippen LogP contribution in [-0.4, -0.2) is 20.7 Å². The molecule has 0 saturated carbocycles. The second-order valence-corrected chi connectivity index (χ2v) is 8.60. The van der Waals surface area contributed by atoms with E-state index in [4.69, 9.17) is 11.6 Å². The number of anilines is 1. The second-order valence-electron chi connectivity index (χ2n) is 8.16. The fourth-order valence-electron chi connectivity index (χ4n) is 3.71. The van der Waals surface area contributed by atoms with Crippen molar-refractivity contribution in [2.75, 3.05) is 4.90 Å². The zero-order valence-electron chi connectivity index (χ0n) is 16.2. The van der Waals surface area contributed by atoms with Crippen LogP contribution in [0.1, 0.15) is 50.4 Å². The summed E-state index contributed by atoms with van der Waals surface area (Å²) in [6.07, 6.45) is 2.24. The van der Waals surface area contributed by atoms with Crippen LogP contribution >= 0.6 is 11.6 Å². The largest absolute Gasteiger partial charge is 0.274 e. The number of hydrogen-bond donors (Lipinski definition) is 0. The maximum atomic E-state index is 13.4. The average molecular weight is 395 g/mol. The lowest BCUT2D eigenvalue weighted by molar-refractivity contribution is -0.126. The lowest BCUT2D eigenvalue weighted by atomic mass is 9.88. The Morgan fingerprint density at radius 1 is 1.00 bits per heavy atom. The van der Waals surface area contributed by atoms with Gasteiger partial charge in [-0.3, -0.25) is 9.69 Å². The third-order valence-corrected chi connectivity index (χ3v) is 5.37. The van der Waals surface area contributed by atoms with Gasteiger partial charge in [-0.1, -0.05) is 74.8 Å². The maximum absolute atomic E-state index is 13.4. The highest BCUT2D eigenvalue weighted by atomic mass is 35.5. The SMILES string of the molecule is CC(C)(C)C(=O)N1c2ncnn2C(c2ccccc2)CC1c1ccc(Cl)cc1. The molecule has 1 aromatic heterocycles. The molecular weight excluding hydrogens is 372 g/mol. The predicted molar refractivity (Wildman–Crippen MR) is 110 cm³/mol. The number of hydrogen-bond acceptors (Lipinski definition) is 3. The summed E-state index contributed by atoms with van der Waals surface area (Å²) in [5.41, 5.74) is 1.65. The van der Waals surface area contributed by atoms with Gasteiger partial charge in [0.25, 0.3) is 0 Å². The molecule has 144 valence electrons. The minimum atomic E-state index is -0.541. The van der Waals surface area contributed by atoms with Gasteiger partial charge in [0.1, 0.15) is 6.33 Å². The van der Waals surface area contributed by atoms with Gasteiger partial charge < -0.3 is 0 Å². The highest BCUT2D eigenvalue weighted by molar-refractivity contribution is 6.30. The average Bonchev–Trinajstić information content (AvgIpc) is 3.16. The van der Waals surface area contributed by atoms with Gasteiger partial charge in [0.15, 0.2) is 0 Å². The smallest absolute Gasteiger partial charge is 0.235 e. The third-order valence-electron chi connectivity index (χ3n) is 5.12. The van der Waals surface area contributed by atoms with E-state index < -0.39 is 5.41 Å². The predicted octanol–water partition coefficient (Wildman–Crippen LogP) is 5.05. The molecule has 1 amide bonds. The number of fused-ring (bicyclic) bond motifs is 1. The van der Waals surface area contributed by atoms with E-state index in [0.29, 0.717) is 17.4 Å². The molecule has 0 spiro atoms. The molecule has 2 unspecified atom stereocenters. The van der Waals surface area contributed by atoms with Gasteiger partial charge in [-0.25, -0.2) is 4.68 Å². The van der Waals surface area contributed by atoms with Crippen molar-refractivity contribution in [3.8, 4) is 0 Å². The van der Waals surface area contributed by atoms with Crippen LogP contribution in [0.2, 0.25) is 5.02 Å². The first kappa shape index (κ1) is 18.7. The zero-order valence-corrected chi connectivity index (χ0v) is 17.0. The van der Waals surface area contributed by atoms with Gasteiger partial charge in [-0.15, -0.1) is 0 Å². The molecule has 2 aromatic carbocycles. The molecular formula is C22H23ClN4O. The van der Waals surface area contributed by atoms with Crippen molar-refractivity contribution in [2.24, 2.45) is 5.41 Å². The molecule has 2 heterocycles. The first-order chi connectivity index (χ1) is 13.4. The number of amides is 1. The third kappa shape index (κ3) is 3.31. The fourth-order valence-corrected chi connectivity index (χ4v) is 3.83. The number of halogens is 1. The van der Waals surface area contributed by atoms with E-state index in [9.17, 15) is 4.79 Å². The normalized spacial score (nSPS) is 19.4. The molecule has 0 N–H and O–H groups in total. The Morgan fingerprint density at radius 2 is 1.64 bits per heavy atom. The summed E-state index contributed by atoms with van der Waals surface area (Å²) < 4.78 is 1.87. The van der Waals surface area contributed by atoms with Gasteiger partial charge in [0, 0.05) is 10.4 Å². The molecule has 0 aliphatic carbocycles. The number of carbonyl (C=O) groups excluding carboxylic acids is 1. The number of aromatic nitrogens is 3. The molecule has 28 heavy (non-hydrogen) atoms. The van der Waals surface area contributed by atoms with Crippen LogP contribution in [0.3, 0.4) is 0 Å². The lowest BCUT2D eigenvalue weighted by Gasteiger charge is -2.41. The van der Waals surface area contributed by atoms with Crippen molar-refractivity contribution in [2.45, 2.75) is 39.3 Å². The van der Waals surface area contributed by atoms with Crippen molar-refractivity contribution in [3.63, 3.8) is 0 Å². The first-order valence-corrected chi connectivity index (χ1v) is 9.77. The van der Waals surface area contributed by atoms with Crippen molar-refractivity contribution in [1.82, 2.24) is 14.8 Å². The van der Waals surface area contributed by atoms with E-state index in [-0.39, 0.29) is 18.0 Å². The number of benzene rings is 2. The summed E-state index contributed by atoms with van der Waals surface area (Å²) >= 11 is 6.10. The van der Waals surface area contributed by atoms with Crippen LogP contribution in [0.25, 0.3) is 0 Å². The van der Waals surface area contributed by atoms with Gasteiger partial charge in [0.2, 0.25) is 11.9 Å². The van der Waals surface area contributed by atoms with Crippen molar-refractivity contribution in [1.29, 1.82) is 0 Å². The Hall–Kier alpha value is -2.66. The summed E-state index contributed by atoms with van der Waals surface area (Å²) in [5, 5.41) is 5.14. The van der Waals surface area contributed by atoms with Crippen LogP contribution in [0, 0.1) is 5.41 Å². The lowest BCUT2D eigenvalue weighted by Crippen LogP contribution is -2.47. The summed E-state index contributed by atoms with van der Waals surface area (Å²) in [5.74, 6) is 0.605. The molecule has 0 bridgehead atoms. The molecule has 0 radical (unpaired) electrons. The molecule has 0 saturated heterocycles. The van der Waals surface area contributed by atoms with Crippen molar-refractivity contribution < 1.29 is 4.79 Å². The number of carbonyl (C=O) groups is 1. The minimum Gasteiger partial charge on any atom is -0.274 e. The summed E-state index contributed by atoms with van der Waals surface area (Å²) in [6, 6.07) is 17.8. The molecule has 2 atom stereocenters. The fraction of sp³-hybridized carbons (Fsp3) is 0.318. The minimum absolute atomic E-state index is 0.00314. The van der Waals surface area contributed by atoms with E-state index in [2.05, 4.69) is 22.2 Å². The molecule has 0 fully saturated rings. The van der Waals surface area contributed by atoms with Crippen LogP contribution in [-0.2, 0) is 4.79 Å². The highest BCUT2D eigenvalue weighted by Crippen LogP contribution is 2.43. The Morgan fingerprint density at radius 3 is 2.29 bits per heavy atom. The second kappa shape index (κ2) is 7.06. The van der Waals surface area contributed by atoms with Gasteiger partial charge in [-0.2, -0.15) is 10.1 Å². The first-order valence-electron chi connectivity index (χ1n) is 9.40. The Kier molecular flexibility index (Phi) is 4.71. The van der Waals surface area contributed by atoms with E-state index in [1.54, 1.807) is 4.90 Å². The topological polar surface area (TPSA) is 51.0 Å². The van der Waals surface area contributed by atoms with Crippen LogP contribution in [0.15, 0.2) is 60.9 Å². The van der Waals surface area contributed by atoms with Crippen LogP contribution in [0.4, 0.5) is 5.95 Å². The molecule has 4 rings (SSSR count). The Balaban J connectivity index is 1.86. The molecule has 1 aliphatic heterocycles. The Bertz CT molecular complexity index is 976. The van der Waals surface area contributed by atoms with E-state index in [0.717, 1.165) is 11.1 Å². The van der Waals surface area contributed by atoms with Crippen LogP contribution in [0.5, 0.6) is 0 Å². The van der Waals surface area contributed by atoms with Gasteiger partial charge >= 0.3 is 0 Å². The van der Waals surface area contributed by atoms with Gasteiger partial charge in [-0.05, 0) is 29.7 Å². The van der Waals surface area contributed by atoms with E-state index in [1.807, 2.05) is 67.9 Å². The quantitative estimate of drug-likeness (QED) is 0.611.